The van der Waals surface area contributed by atoms with Crippen molar-refractivity contribution in [2.75, 3.05) is 46.6 Å². The van der Waals surface area contributed by atoms with Gasteiger partial charge >= 0.3 is 0 Å². The van der Waals surface area contributed by atoms with E-state index in [0.29, 0.717) is 24.0 Å². The molecule has 0 spiro atoms. The highest BCUT2D eigenvalue weighted by atomic mass is 16.5. The van der Waals surface area contributed by atoms with Crippen molar-refractivity contribution in [1.82, 2.24) is 9.80 Å². The summed E-state index contributed by atoms with van der Waals surface area (Å²) in [5, 5.41) is 0. The first kappa shape index (κ1) is 21.6. The normalized spacial score (nSPS) is 27.8. The fourth-order valence-corrected chi connectivity index (χ4v) is 5.28. The summed E-state index contributed by atoms with van der Waals surface area (Å²) in [7, 11) is 1.78. The Morgan fingerprint density at radius 3 is 2.60 bits per heavy atom. The zero-order chi connectivity index (χ0) is 20.8. The molecule has 166 valence electrons. The zero-order valence-electron chi connectivity index (χ0n) is 18.3. The lowest BCUT2D eigenvalue weighted by Gasteiger charge is -2.41. The molecule has 3 aliphatic heterocycles. The number of ether oxygens (including phenoxy) is 3. The third kappa shape index (κ3) is 4.98. The molecule has 0 saturated carbocycles. The molecule has 1 aromatic carbocycles. The molecule has 30 heavy (non-hydrogen) atoms. The Hall–Kier alpha value is -1.63. The maximum Gasteiger partial charge on any atom is 0.257 e. The highest BCUT2D eigenvalue weighted by Gasteiger charge is 2.35. The van der Waals surface area contributed by atoms with E-state index in [-0.39, 0.29) is 18.1 Å². The molecule has 0 radical (unpaired) electrons. The number of hydrogen-bond donors (Lipinski definition) is 0. The second kappa shape index (κ2) is 10.6. The van der Waals surface area contributed by atoms with Crippen molar-refractivity contribution in [2.45, 2.75) is 63.1 Å². The van der Waals surface area contributed by atoms with Crippen LogP contribution in [0.4, 0.5) is 0 Å². The van der Waals surface area contributed by atoms with Gasteiger partial charge < -0.3 is 19.1 Å². The number of fused-ring (bicyclic) bond motifs is 2. The predicted molar refractivity (Wildman–Crippen MR) is 116 cm³/mol. The van der Waals surface area contributed by atoms with Crippen molar-refractivity contribution in [3.05, 3.63) is 29.8 Å². The first-order valence-electron chi connectivity index (χ1n) is 11.7. The molecule has 0 unspecified atom stereocenters. The van der Waals surface area contributed by atoms with Crippen molar-refractivity contribution in [3.8, 4) is 5.75 Å². The van der Waals surface area contributed by atoms with Gasteiger partial charge in [-0.1, -0.05) is 18.6 Å². The number of carbonyl (C=O) groups excluding carboxylic acids is 1. The van der Waals surface area contributed by atoms with E-state index in [0.717, 1.165) is 77.8 Å². The number of methoxy groups -OCH3 is 1. The van der Waals surface area contributed by atoms with Gasteiger partial charge in [0.1, 0.15) is 12.4 Å². The van der Waals surface area contributed by atoms with Crippen LogP contribution in [0.15, 0.2) is 24.3 Å². The zero-order valence-corrected chi connectivity index (χ0v) is 18.3. The number of nitrogens with zero attached hydrogens (tertiary/aromatic N) is 2. The molecular weight excluding hydrogens is 380 g/mol. The molecule has 0 N–H and O–H groups in total. The Kier molecular flexibility index (Phi) is 7.63. The third-order valence-corrected chi connectivity index (χ3v) is 6.94. The molecule has 2 saturated heterocycles. The lowest BCUT2D eigenvalue weighted by Crippen LogP contribution is -2.51. The Labute approximate surface area is 180 Å². The molecule has 0 aromatic heterocycles. The highest BCUT2D eigenvalue weighted by molar-refractivity contribution is 5.97. The SMILES string of the molecule is CO[C@@H]1CCCN2C(=O)c3ccccc3OCCN(C3CCOCC3)CCCC[C@H]12. The van der Waals surface area contributed by atoms with E-state index in [9.17, 15) is 4.79 Å². The summed E-state index contributed by atoms with van der Waals surface area (Å²) in [6.07, 6.45) is 7.56. The molecule has 2 atom stereocenters. The van der Waals surface area contributed by atoms with Gasteiger partial charge in [-0.15, -0.1) is 0 Å². The van der Waals surface area contributed by atoms with Crippen LogP contribution >= 0.6 is 0 Å². The number of amides is 1. The first-order chi connectivity index (χ1) is 14.8. The summed E-state index contributed by atoms with van der Waals surface area (Å²) in [5.41, 5.74) is 0.677. The van der Waals surface area contributed by atoms with Gasteiger partial charge in [0.2, 0.25) is 0 Å². The Bertz CT molecular complexity index is 692. The minimum atomic E-state index is 0.0814. The lowest BCUT2D eigenvalue weighted by molar-refractivity contribution is -0.0158. The summed E-state index contributed by atoms with van der Waals surface area (Å²) in [5.74, 6) is 0.782. The van der Waals surface area contributed by atoms with Crippen LogP contribution in [0, 0.1) is 0 Å². The number of piperidine rings is 1. The summed E-state index contributed by atoms with van der Waals surface area (Å²) in [6, 6.07) is 8.42. The number of rotatable bonds is 2. The Balaban J connectivity index is 1.56. The van der Waals surface area contributed by atoms with E-state index in [1.165, 1.54) is 0 Å². The van der Waals surface area contributed by atoms with Crippen LogP contribution in [0.1, 0.15) is 55.3 Å². The van der Waals surface area contributed by atoms with E-state index in [1.54, 1.807) is 7.11 Å². The predicted octanol–water partition coefficient (Wildman–Crippen LogP) is 3.35. The summed E-state index contributed by atoms with van der Waals surface area (Å²) < 4.78 is 17.6. The third-order valence-electron chi connectivity index (χ3n) is 6.94. The molecule has 6 nitrogen and oxygen atoms in total. The second-order valence-corrected chi connectivity index (χ2v) is 8.70. The minimum absolute atomic E-state index is 0.0814. The molecular formula is C24H36N2O4. The number of benzene rings is 1. The van der Waals surface area contributed by atoms with E-state index in [4.69, 9.17) is 14.2 Å². The molecule has 1 aromatic rings. The second-order valence-electron chi connectivity index (χ2n) is 8.70. The molecule has 0 bridgehead atoms. The van der Waals surface area contributed by atoms with Crippen LogP contribution in [0.25, 0.3) is 0 Å². The molecule has 3 aliphatic rings. The number of carbonyl (C=O) groups is 1. The van der Waals surface area contributed by atoms with Crippen LogP contribution in [-0.2, 0) is 9.47 Å². The van der Waals surface area contributed by atoms with Crippen molar-refractivity contribution in [1.29, 1.82) is 0 Å². The van der Waals surface area contributed by atoms with Crippen LogP contribution < -0.4 is 4.74 Å². The summed E-state index contributed by atoms with van der Waals surface area (Å²) in [6.45, 7) is 5.07. The number of para-hydroxylation sites is 1. The van der Waals surface area contributed by atoms with Gasteiger partial charge in [0.25, 0.3) is 5.91 Å². The van der Waals surface area contributed by atoms with Crippen molar-refractivity contribution >= 4 is 5.91 Å². The first-order valence-corrected chi connectivity index (χ1v) is 11.7. The van der Waals surface area contributed by atoms with Gasteiger partial charge in [-0.05, 0) is 57.2 Å². The molecule has 2 fully saturated rings. The van der Waals surface area contributed by atoms with Gasteiger partial charge in [0, 0.05) is 39.5 Å². The standard InChI is InChI=1S/C24H36N2O4/c1-28-23-10-6-14-26-21(23)8-4-5-13-25(19-11-16-29-17-12-19)15-18-30-22-9-3-2-7-20(22)24(26)27/h2-3,7,9,19,21,23H,4-6,8,10-18H2,1H3/t21-,23-/m1/s1. The fourth-order valence-electron chi connectivity index (χ4n) is 5.28. The van der Waals surface area contributed by atoms with Crippen molar-refractivity contribution in [3.63, 3.8) is 0 Å². The van der Waals surface area contributed by atoms with Crippen LogP contribution in [0.5, 0.6) is 5.75 Å². The smallest absolute Gasteiger partial charge is 0.257 e. The maximum absolute atomic E-state index is 13.5. The Morgan fingerprint density at radius 1 is 0.933 bits per heavy atom. The van der Waals surface area contributed by atoms with Gasteiger partial charge in [-0.25, -0.2) is 0 Å². The van der Waals surface area contributed by atoms with Crippen molar-refractivity contribution < 1.29 is 19.0 Å². The van der Waals surface area contributed by atoms with E-state index in [2.05, 4.69) is 4.90 Å². The summed E-state index contributed by atoms with van der Waals surface area (Å²) >= 11 is 0. The molecule has 4 rings (SSSR count). The van der Waals surface area contributed by atoms with E-state index < -0.39 is 0 Å². The van der Waals surface area contributed by atoms with E-state index >= 15 is 0 Å². The van der Waals surface area contributed by atoms with Gasteiger partial charge in [-0.2, -0.15) is 0 Å². The van der Waals surface area contributed by atoms with Gasteiger partial charge in [0.15, 0.2) is 0 Å². The van der Waals surface area contributed by atoms with Crippen LogP contribution in [0.2, 0.25) is 0 Å². The summed E-state index contributed by atoms with van der Waals surface area (Å²) in [4.78, 5) is 18.1. The van der Waals surface area contributed by atoms with Crippen molar-refractivity contribution in [2.24, 2.45) is 0 Å². The van der Waals surface area contributed by atoms with Crippen LogP contribution in [0.3, 0.4) is 0 Å². The molecule has 0 aliphatic carbocycles. The lowest BCUT2D eigenvalue weighted by atomic mass is 9.93. The van der Waals surface area contributed by atoms with Gasteiger partial charge in [0.05, 0.1) is 17.7 Å². The minimum Gasteiger partial charge on any atom is -0.491 e. The molecule has 3 heterocycles. The van der Waals surface area contributed by atoms with E-state index in [1.807, 2.05) is 29.2 Å². The molecule has 6 heteroatoms. The quantitative estimate of drug-likeness (QED) is 0.740. The van der Waals surface area contributed by atoms with Crippen LogP contribution in [-0.4, -0.2) is 80.5 Å². The number of hydrogen-bond acceptors (Lipinski definition) is 5. The topological polar surface area (TPSA) is 51.2 Å². The highest BCUT2D eigenvalue weighted by Crippen LogP contribution is 2.29. The largest absolute Gasteiger partial charge is 0.491 e. The molecule has 1 amide bonds. The fraction of sp³-hybridized carbons (Fsp3) is 0.708. The maximum atomic E-state index is 13.5. The Morgan fingerprint density at radius 2 is 1.77 bits per heavy atom. The van der Waals surface area contributed by atoms with Gasteiger partial charge in [-0.3, -0.25) is 9.69 Å². The average Bonchev–Trinajstić information content (AvgIpc) is 2.81. The monoisotopic (exact) mass is 416 g/mol. The average molecular weight is 417 g/mol.